The molecule has 4 aromatic rings. The van der Waals surface area contributed by atoms with E-state index in [1.165, 1.54) is 24.3 Å². The van der Waals surface area contributed by atoms with Crippen LogP contribution >= 0.6 is 0 Å². The third-order valence-corrected chi connectivity index (χ3v) is 5.39. The number of rotatable bonds is 6. The lowest BCUT2D eigenvalue weighted by molar-refractivity contribution is 0.149. The predicted octanol–water partition coefficient (Wildman–Crippen LogP) is 2.44. The summed E-state index contributed by atoms with van der Waals surface area (Å²) >= 11 is 0. The van der Waals surface area contributed by atoms with Crippen LogP contribution in [-0.4, -0.2) is 28.4 Å². The van der Waals surface area contributed by atoms with Gasteiger partial charge < -0.3 is 4.98 Å². The summed E-state index contributed by atoms with van der Waals surface area (Å²) in [5.41, 5.74) is 5.09. The van der Waals surface area contributed by atoms with Crippen LogP contribution < -0.4 is 10.4 Å². The molecule has 3 heterocycles. The number of nitriles is 1. The number of nitrogens with one attached hydrogen (secondary N) is 3. The molecule has 0 aliphatic rings. The molecule has 3 aromatic heterocycles. The number of benzene rings is 1. The fourth-order valence-corrected chi connectivity index (χ4v) is 3.61. The van der Waals surface area contributed by atoms with Gasteiger partial charge in [-0.25, -0.2) is 28.8 Å². The van der Waals surface area contributed by atoms with Crippen LogP contribution in [0.3, 0.4) is 0 Å². The molecule has 11 heteroatoms. The Bertz CT molecular complexity index is 1380. The molecule has 0 unspecified atom stereocenters. The summed E-state index contributed by atoms with van der Waals surface area (Å²) in [7, 11) is -4.02. The number of fused-ring (bicyclic) bond motifs is 1. The van der Waals surface area contributed by atoms with E-state index in [9.17, 15) is 8.42 Å². The summed E-state index contributed by atoms with van der Waals surface area (Å²) in [6.45, 7) is 1.76. The number of aryl methyl sites for hydroxylation is 1. The van der Waals surface area contributed by atoms with Crippen molar-refractivity contribution < 1.29 is 13.4 Å². The van der Waals surface area contributed by atoms with Crippen molar-refractivity contribution in [2.75, 3.05) is 5.48 Å². The molecule has 3 N–H and O–H groups in total. The minimum absolute atomic E-state index is 0.100. The summed E-state index contributed by atoms with van der Waals surface area (Å²) in [6.07, 6.45) is 4.92. The van der Waals surface area contributed by atoms with E-state index in [1.54, 1.807) is 37.6 Å². The van der Waals surface area contributed by atoms with Gasteiger partial charge in [0.05, 0.1) is 27.9 Å². The van der Waals surface area contributed by atoms with Crippen LogP contribution in [0.2, 0.25) is 0 Å². The van der Waals surface area contributed by atoms with E-state index in [2.05, 4.69) is 25.4 Å². The Labute approximate surface area is 171 Å². The largest absolute Gasteiger partial charge is 0.346 e. The highest BCUT2D eigenvalue weighted by Gasteiger charge is 2.17. The first kappa shape index (κ1) is 19.5. The number of hydrogen-bond donors (Lipinski definition) is 3. The monoisotopic (exact) mass is 421 g/mol. The van der Waals surface area contributed by atoms with Gasteiger partial charge in [0.25, 0.3) is 10.0 Å². The van der Waals surface area contributed by atoms with E-state index >= 15 is 0 Å². The van der Waals surface area contributed by atoms with Gasteiger partial charge in [0, 0.05) is 29.5 Å². The Hall–Kier alpha value is -3.85. The SMILES string of the molecule is Cc1nccc(-c2cnc3[nH]ccc3c2NONS(=O)(=O)c2cccc(C#N)c2)n1. The van der Waals surface area contributed by atoms with Crippen molar-refractivity contribution in [2.45, 2.75) is 11.8 Å². The number of sulfonamides is 1. The first-order valence-corrected chi connectivity index (χ1v) is 10.2. The van der Waals surface area contributed by atoms with Gasteiger partial charge in [-0.1, -0.05) is 11.0 Å². The van der Waals surface area contributed by atoms with Crippen LogP contribution in [-0.2, 0) is 15.0 Å². The second-order valence-electron chi connectivity index (χ2n) is 6.21. The maximum absolute atomic E-state index is 12.5. The van der Waals surface area contributed by atoms with Gasteiger partial charge in [-0.3, -0.25) is 0 Å². The standard InChI is InChI=1S/C19H15N7O3S/c1-12-21-8-6-17(24-12)16-11-23-19-15(5-7-22-19)18(16)25-29-26-30(27,28)14-4-2-3-13(9-14)10-20/h2-9,11,26H,1H3,(H2,22,23,25). The van der Waals surface area contributed by atoms with Gasteiger partial charge in [0.1, 0.15) is 11.5 Å². The Morgan fingerprint density at radius 1 is 1.20 bits per heavy atom. The van der Waals surface area contributed by atoms with Crippen LogP contribution in [0, 0.1) is 18.3 Å². The molecule has 4 rings (SSSR count). The molecule has 0 radical (unpaired) electrons. The molecule has 0 saturated carbocycles. The van der Waals surface area contributed by atoms with Gasteiger partial charge in [-0.2, -0.15) is 10.2 Å². The smallest absolute Gasteiger partial charge is 0.264 e. The van der Waals surface area contributed by atoms with E-state index in [0.717, 1.165) is 0 Å². The minimum atomic E-state index is -4.02. The summed E-state index contributed by atoms with van der Waals surface area (Å²) in [5, 5.41) is 9.64. The van der Waals surface area contributed by atoms with Crippen molar-refractivity contribution in [3.8, 4) is 17.3 Å². The molecule has 0 aliphatic heterocycles. The van der Waals surface area contributed by atoms with Crippen molar-refractivity contribution in [3.63, 3.8) is 0 Å². The molecule has 0 saturated heterocycles. The van der Waals surface area contributed by atoms with Crippen LogP contribution in [0.1, 0.15) is 11.4 Å². The molecule has 0 bridgehead atoms. The first-order valence-electron chi connectivity index (χ1n) is 8.68. The Balaban J connectivity index is 1.63. The molecule has 10 nitrogen and oxygen atoms in total. The number of aromatic nitrogens is 4. The molecular weight excluding hydrogens is 406 g/mol. The highest BCUT2D eigenvalue weighted by molar-refractivity contribution is 7.89. The quantitative estimate of drug-likeness (QED) is 0.402. The number of hydrogen-bond acceptors (Lipinski definition) is 8. The molecule has 0 spiro atoms. The topological polar surface area (TPSA) is 146 Å². The average Bonchev–Trinajstić information content (AvgIpc) is 3.23. The van der Waals surface area contributed by atoms with Crippen molar-refractivity contribution in [1.82, 2.24) is 24.8 Å². The molecular formula is C19H15N7O3S. The predicted molar refractivity (Wildman–Crippen MR) is 108 cm³/mol. The molecule has 1 aromatic carbocycles. The van der Waals surface area contributed by atoms with Gasteiger partial charge in [0.2, 0.25) is 0 Å². The fraction of sp³-hybridized carbons (Fsp3) is 0.0526. The van der Waals surface area contributed by atoms with E-state index in [0.29, 0.717) is 33.8 Å². The van der Waals surface area contributed by atoms with E-state index < -0.39 is 10.0 Å². The van der Waals surface area contributed by atoms with Crippen molar-refractivity contribution >= 4 is 26.7 Å². The summed E-state index contributed by atoms with van der Waals surface area (Å²) in [6, 6.07) is 11.0. The van der Waals surface area contributed by atoms with Crippen LogP contribution in [0.15, 0.2) is 59.9 Å². The third-order valence-electron chi connectivity index (χ3n) is 4.22. The van der Waals surface area contributed by atoms with Crippen LogP contribution in [0.25, 0.3) is 22.3 Å². The highest BCUT2D eigenvalue weighted by atomic mass is 32.2. The van der Waals surface area contributed by atoms with Gasteiger partial charge >= 0.3 is 0 Å². The molecule has 150 valence electrons. The number of anilines is 1. The first-order chi connectivity index (χ1) is 14.5. The maximum Gasteiger partial charge on any atom is 0.264 e. The van der Waals surface area contributed by atoms with Crippen LogP contribution in [0.4, 0.5) is 5.69 Å². The normalized spacial score (nSPS) is 11.3. The van der Waals surface area contributed by atoms with Crippen LogP contribution in [0.5, 0.6) is 0 Å². The van der Waals surface area contributed by atoms with Gasteiger partial charge in [0.15, 0.2) is 0 Å². The van der Waals surface area contributed by atoms with E-state index in [4.69, 9.17) is 10.2 Å². The molecule has 0 fully saturated rings. The molecule has 30 heavy (non-hydrogen) atoms. The Morgan fingerprint density at radius 2 is 2.07 bits per heavy atom. The number of pyridine rings is 1. The average molecular weight is 421 g/mol. The van der Waals surface area contributed by atoms with Gasteiger partial charge in [-0.05, 0) is 37.3 Å². The minimum Gasteiger partial charge on any atom is -0.346 e. The number of nitrogens with zero attached hydrogens (tertiary/aromatic N) is 4. The highest BCUT2D eigenvalue weighted by Crippen LogP contribution is 2.32. The Kier molecular flexibility index (Phi) is 5.11. The summed E-state index contributed by atoms with van der Waals surface area (Å²) in [5.74, 6) is 0.576. The summed E-state index contributed by atoms with van der Waals surface area (Å²) in [4.78, 5) is 22.9. The van der Waals surface area contributed by atoms with E-state index in [-0.39, 0.29) is 10.5 Å². The second-order valence-corrected chi connectivity index (χ2v) is 7.85. The van der Waals surface area contributed by atoms with Crippen molar-refractivity contribution in [1.29, 1.82) is 5.26 Å². The molecule has 0 amide bonds. The second kappa shape index (κ2) is 7.88. The maximum atomic E-state index is 12.5. The Morgan fingerprint density at radius 3 is 2.87 bits per heavy atom. The summed E-state index contributed by atoms with van der Waals surface area (Å²) < 4.78 is 25.0. The zero-order chi connectivity index (χ0) is 21.1. The molecule has 0 atom stereocenters. The molecule has 0 aliphatic carbocycles. The fourth-order valence-electron chi connectivity index (χ4n) is 2.83. The van der Waals surface area contributed by atoms with Gasteiger partial charge in [-0.15, -0.1) is 0 Å². The lowest BCUT2D eigenvalue weighted by Gasteiger charge is -2.13. The lowest BCUT2D eigenvalue weighted by atomic mass is 10.1. The lowest BCUT2D eigenvalue weighted by Crippen LogP contribution is -2.27. The number of H-pyrrole nitrogens is 1. The number of aromatic amines is 1. The van der Waals surface area contributed by atoms with Crippen molar-refractivity contribution in [3.05, 3.63) is 66.4 Å². The zero-order valence-electron chi connectivity index (χ0n) is 15.6. The van der Waals surface area contributed by atoms with Crippen molar-refractivity contribution in [2.24, 2.45) is 0 Å². The zero-order valence-corrected chi connectivity index (χ0v) is 16.4. The third kappa shape index (κ3) is 3.83. The van der Waals surface area contributed by atoms with E-state index in [1.807, 2.05) is 11.0 Å².